The molecular weight excluding hydrogens is 420 g/mol. The van der Waals surface area contributed by atoms with Crippen LogP contribution in [0, 0.1) is 13.8 Å². The standard InChI is InChI=1S/C25H26N4O2S/c1-16(2)19-10-12-20(13-11-19)26-24-25(28-23-8-6-5-7-22(23)27-24)29-32(30,31)21-14-9-17(3)18(4)15-21/h5-16H,1-4H3,(H,26,27)(H,28,29). The van der Waals surface area contributed by atoms with E-state index < -0.39 is 10.0 Å². The average Bonchev–Trinajstić information content (AvgIpc) is 2.76. The van der Waals surface area contributed by atoms with E-state index in [1.54, 1.807) is 24.3 Å². The molecule has 0 aliphatic rings. The molecule has 0 unspecified atom stereocenters. The number of hydrogen-bond donors (Lipinski definition) is 2. The number of nitrogens with one attached hydrogen (secondary N) is 2. The van der Waals surface area contributed by atoms with Crippen LogP contribution in [0.2, 0.25) is 0 Å². The summed E-state index contributed by atoms with van der Waals surface area (Å²) in [5, 5.41) is 3.22. The highest BCUT2D eigenvalue weighted by atomic mass is 32.2. The van der Waals surface area contributed by atoms with Gasteiger partial charge in [0.05, 0.1) is 15.9 Å². The number of sulfonamides is 1. The fourth-order valence-corrected chi connectivity index (χ4v) is 4.41. The number of aromatic nitrogens is 2. The molecule has 1 aromatic heterocycles. The predicted molar refractivity (Wildman–Crippen MR) is 130 cm³/mol. The van der Waals surface area contributed by atoms with Gasteiger partial charge in [-0.3, -0.25) is 4.72 Å². The van der Waals surface area contributed by atoms with Crippen LogP contribution in [0.15, 0.2) is 71.6 Å². The minimum atomic E-state index is -3.85. The van der Waals surface area contributed by atoms with E-state index in [1.807, 2.05) is 56.3 Å². The van der Waals surface area contributed by atoms with E-state index in [-0.39, 0.29) is 10.7 Å². The monoisotopic (exact) mass is 446 g/mol. The number of para-hydroxylation sites is 2. The van der Waals surface area contributed by atoms with Crippen molar-refractivity contribution < 1.29 is 8.42 Å². The van der Waals surface area contributed by atoms with Crippen molar-refractivity contribution in [2.24, 2.45) is 0 Å². The molecule has 0 atom stereocenters. The molecule has 7 heteroatoms. The molecule has 0 aliphatic carbocycles. The first kappa shape index (κ1) is 21.8. The summed E-state index contributed by atoms with van der Waals surface area (Å²) in [4.78, 5) is 9.37. The van der Waals surface area contributed by atoms with E-state index in [2.05, 4.69) is 33.9 Å². The smallest absolute Gasteiger partial charge is 0.263 e. The second-order valence-electron chi connectivity index (χ2n) is 8.16. The molecule has 0 bridgehead atoms. The first-order valence-corrected chi connectivity index (χ1v) is 11.9. The number of nitrogens with zero attached hydrogens (tertiary/aromatic N) is 2. The fraction of sp³-hybridized carbons (Fsp3) is 0.200. The summed E-state index contributed by atoms with van der Waals surface area (Å²) in [5.74, 6) is 0.910. The molecule has 0 saturated carbocycles. The van der Waals surface area contributed by atoms with Gasteiger partial charge in [0.15, 0.2) is 11.6 Å². The maximum atomic E-state index is 13.1. The average molecular weight is 447 g/mol. The quantitative estimate of drug-likeness (QED) is 0.384. The van der Waals surface area contributed by atoms with Crippen molar-refractivity contribution in [1.29, 1.82) is 0 Å². The third kappa shape index (κ3) is 4.57. The van der Waals surface area contributed by atoms with Crippen molar-refractivity contribution in [2.75, 3.05) is 10.0 Å². The normalized spacial score (nSPS) is 11.7. The van der Waals surface area contributed by atoms with Crippen molar-refractivity contribution in [1.82, 2.24) is 9.97 Å². The number of anilines is 3. The Balaban J connectivity index is 1.74. The molecule has 4 rings (SSSR count). The van der Waals surface area contributed by atoms with E-state index in [4.69, 9.17) is 0 Å². The van der Waals surface area contributed by atoms with Crippen molar-refractivity contribution >= 4 is 38.4 Å². The zero-order valence-electron chi connectivity index (χ0n) is 18.5. The molecule has 4 aromatic rings. The van der Waals surface area contributed by atoms with Gasteiger partial charge in [-0.05, 0) is 72.9 Å². The van der Waals surface area contributed by atoms with Crippen LogP contribution in [-0.2, 0) is 10.0 Å². The van der Waals surface area contributed by atoms with Crippen molar-refractivity contribution in [3.63, 3.8) is 0 Å². The van der Waals surface area contributed by atoms with E-state index in [0.29, 0.717) is 22.8 Å². The minimum Gasteiger partial charge on any atom is -0.337 e. The van der Waals surface area contributed by atoms with E-state index in [0.717, 1.165) is 16.8 Å². The summed E-state index contributed by atoms with van der Waals surface area (Å²) in [5.41, 5.74) is 5.22. The molecule has 0 amide bonds. The van der Waals surface area contributed by atoms with Gasteiger partial charge in [0.25, 0.3) is 10.0 Å². The molecule has 32 heavy (non-hydrogen) atoms. The van der Waals surface area contributed by atoms with Crippen LogP contribution in [0.1, 0.15) is 36.5 Å². The summed E-state index contributed by atoms with van der Waals surface area (Å²) < 4.78 is 28.9. The van der Waals surface area contributed by atoms with Crippen molar-refractivity contribution in [3.05, 3.63) is 83.4 Å². The fourth-order valence-electron chi connectivity index (χ4n) is 3.31. The van der Waals surface area contributed by atoms with Crippen LogP contribution in [-0.4, -0.2) is 18.4 Å². The Labute approximate surface area is 188 Å². The molecular formula is C25H26N4O2S. The first-order chi connectivity index (χ1) is 15.2. The summed E-state index contributed by atoms with van der Waals surface area (Å²) in [6.45, 7) is 8.10. The second kappa shape index (κ2) is 8.59. The molecule has 1 heterocycles. The van der Waals surface area contributed by atoms with Gasteiger partial charge >= 0.3 is 0 Å². The molecule has 2 N–H and O–H groups in total. The minimum absolute atomic E-state index is 0.148. The SMILES string of the molecule is Cc1ccc(S(=O)(=O)Nc2nc3ccccc3nc2Nc2ccc(C(C)C)cc2)cc1C. The molecule has 164 valence electrons. The zero-order valence-corrected chi connectivity index (χ0v) is 19.4. The van der Waals surface area contributed by atoms with Gasteiger partial charge in [0.1, 0.15) is 0 Å². The number of rotatable bonds is 6. The summed E-state index contributed by atoms with van der Waals surface area (Å²) >= 11 is 0. The highest BCUT2D eigenvalue weighted by Gasteiger charge is 2.19. The summed E-state index contributed by atoms with van der Waals surface area (Å²) in [7, 11) is -3.85. The highest BCUT2D eigenvalue weighted by molar-refractivity contribution is 7.92. The summed E-state index contributed by atoms with van der Waals surface area (Å²) in [6, 6.07) is 20.4. The van der Waals surface area contributed by atoms with Gasteiger partial charge in [0.2, 0.25) is 0 Å². The number of aryl methyl sites for hydroxylation is 2. The van der Waals surface area contributed by atoms with Gasteiger partial charge in [-0.2, -0.15) is 0 Å². The van der Waals surface area contributed by atoms with Crippen molar-refractivity contribution in [3.8, 4) is 0 Å². The van der Waals surface area contributed by atoms with Crippen LogP contribution in [0.5, 0.6) is 0 Å². The van der Waals surface area contributed by atoms with Gasteiger partial charge in [0, 0.05) is 5.69 Å². The molecule has 0 saturated heterocycles. The Hall–Kier alpha value is -3.45. The van der Waals surface area contributed by atoms with E-state index >= 15 is 0 Å². The maximum absolute atomic E-state index is 13.1. The number of hydrogen-bond acceptors (Lipinski definition) is 5. The molecule has 3 aromatic carbocycles. The highest BCUT2D eigenvalue weighted by Crippen LogP contribution is 2.28. The maximum Gasteiger partial charge on any atom is 0.263 e. The largest absolute Gasteiger partial charge is 0.337 e. The van der Waals surface area contributed by atoms with E-state index in [9.17, 15) is 8.42 Å². The van der Waals surface area contributed by atoms with Crippen LogP contribution >= 0.6 is 0 Å². The lowest BCUT2D eigenvalue weighted by molar-refractivity contribution is 0.601. The predicted octanol–water partition coefficient (Wildman–Crippen LogP) is 5.91. The number of benzene rings is 3. The van der Waals surface area contributed by atoms with Crippen LogP contribution in [0.3, 0.4) is 0 Å². The molecule has 0 spiro atoms. The van der Waals surface area contributed by atoms with Gasteiger partial charge in [-0.25, -0.2) is 18.4 Å². The Morgan fingerprint density at radius 2 is 1.41 bits per heavy atom. The Morgan fingerprint density at radius 1 is 0.781 bits per heavy atom. The third-order valence-corrected chi connectivity index (χ3v) is 6.77. The third-order valence-electron chi connectivity index (χ3n) is 5.43. The summed E-state index contributed by atoms with van der Waals surface area (Å²) in [6.07, 6.45) is 0. The molecule has 6 nitrogen and oxygen atoms in total. The first-order valence-electron chi connectivity index (χ1n) is 10.5. The molecule has 0 radical (unpaired) electrons. The Kier molecular flexibility index (Phi) is 5.84. The van der Waals surface area contributed by atoms with Crippen molar-refractivity contribution in [2.45, 2.75) is 38.5 Å². The number of fused-ring (bicyclic) bond motifs is 1. The molecule has 0 aliphatic heterocycles. The topological polar surface area (TPSA) is 84.0 Å². The van der Waals surface area contributed by atoms with Crippen LogP contribution < -0.4 is 10.0 Å². The Bertz CT molecular complexity index is 1380. The molecule has 0 fully saturated rings. The van der Waals surface area contributed by atoms with Crippen LogP contribution in [0.4, 0.5) is 17.3 Å². The van der Waals surface area contributed by atoms with E-state index in [1.165, 1.54) is 5.56 Å². The van der Waals surface area contributed by atoms with Gasteiger partial charge < -0.3 is 5.32 Å². The lowest BCUT2D eigenvalue weighted by atomic mass is 10.0. The Morgan fingerprint density at radius 3 is 2.00 bits per heavy atom. The van der Waals surface area contributed by atoms with Gasteiger partial charge in [-0.15, -0.1) is 0 Å². The zero-order chi connectivity index (χ0) is 22.9. The second-order valence-corrected chi connectivity index (χ2v) is 9.85. The lowest BCUT2D eigenvalue weighted by Crippen LogP contribution is -2.16. The van der Waals surface area contributed by atoms with Gasteiger partial charge in [-0.1, -0.05) is 44.2 Å². The van der Waals surface area contributed by atoms with Crippen LogP contribution in [0.25, 0.3) is 11.0 Å². The lowest BCUT2D eigenvalue weighted by Gasteiger charge is -2.15.